The zero-order valence-electron chi connectivity index (χ0n) is 11.4. The molecule has 0 radical (unpaired) electrons. The van der Waals surface area contributed by atoms with Crippen LogP contribution in [0, 0.1) is 0 Å². The molecule has 1 unspecified atom stereocenters. The lowest BCUT2D eigenvalue weighted by Gasteiger charge is -2.28. The molecule has 1 aromatic rings. The Labute approximate surface area is 109 Å². The van der Waals surface area contributed by atoms with E-state index in [0.717, 1.165) is 18.8 Å². The molecule has 1 atom stereocenters. The van der Waals surface area contributed by atoms with Crippen molar-refractivity contribution in [2.24, 2.45) is 0 Å². The van der Waals surface area contributed by atoms with Crippen molar-refractivity contribution in [3.8, 4) is 0 Å². The second kappa shape index (κ2) is 7.76. The molecule has 0 aliphatic carbocycles. The Balaban J connectivity index is 2.64. The van der Waals surface area contributed by atoms with E-state index in [2.05, 4.69) is 29.4 Å². The third kappa shape index (κ3) is 4.07. The summed E-state index contributed by atoms with van der Waals surface area (Å²) < 4.78 is 5.46. The molecule has 0 bridgehead atoms. The SMILES string of the molecule is CCNC(=O)NCC(c1ccco1)N(CC)CC. The van der Waals surface area contributed by atoms with Crippen molar-refractivity contribution in [1.82, 2.24) is 15.5 Å². The number of nitrogens with zero attached hydrogens (tertiary/aromatic N) is 1. The van der Waals surface area contributed by atoms with E-state index in [0.29, 0.717) is 13.1 Å². The van der Waals surface area contributed by atoms with Crippen molar-refractivity contribution >= 4 is 6.03 Å². The zero-order valence-corrected chi connectivity index (χ0v) is 11.4. The van der Waals surface area contributed by atoms with Gasteiger partial charge in [0, 0.05) is 13.1 Å². The van der Waals surface area contributed by atoms with Crippen LogP contribution in [0.25, 0.3) is 0 Å². The first-order valence-electron chi connectivity index (χ1n) is 6.52. The number of urea groups is 1. The van der Waals surface area contributed by atoms with Gasteiger partial charge < -0.3 is 15.1 Å². The number of carbonyl (C=O) groups is 1. The second-order valence-electron chi connectivity index (χ2n) is 3.99. The van der Waals surface area contributed by atoms with Crippen molar-refractivity contribution in [3.05, 3.63) is 24.2 Å². The molecule has 0 saturated carbocycles. The van der Waals surface area contributed by atoms with Gasteiger partial charge in [0.25, 0.3) is 0 Å². The third-order valence-electron chi connectivity index (χ3n) is 2.92. The van der Waals surface area contributed by atoms with E-state index in [9.17, 15) is 4.79 Å². The van der Waals surface area contributed by atoms with Gasteiger partial charge in [-0.2, -0.15) is 0 Å². The normalized spacial score (nSPS) is 12.4. The Kier molecular flexibility index (Phi) is 6.28. The number of hydrogen-bond acceptors (Lipinski definition) is 3. The lowest BCUT2D eigenvalue weighted by atomic mass is 10.2. The van der Waals surface area contributed by atoms with Crippen molar-refractivity contribution in [2.45, 2.75) is 26.8 Å². The van der Waals surface area contributed by atoms with Gasteiger partial charge in [0.05, 0.1) is 12.3 Å². The highest BCUT2D eigenvalue weighted by atomic mass is 16.3. The van der Waals surface area contributed by atoms with Crippen molar-refractivity contribution in [3.63, 3.8) is 0 Å². The fourth-order valence-corrected chi connectivity index (χ4v) is 1.97. The molecule has 5 nitrogen and oxygen atoms in total. The van der Waals surface area contributed by atoms with Gasteiger partial charge in [-0.1, -0.05) is 13.8 Å². The fraction of sp³-hybridized carbons (Fsp3) is 0.615. The average Bonchev–Trinajstić information content (AvgIpc) is 2.88. The van der Waals surface area contributed by atoms with E-state index in [1.807, 2.05) is 19.1 Å². The molecule has 0 saturated heterocycles. The van der Waals surface area contributed by atoms with Crippen LogP contribution in [-0.4, -0.2) is 37.1 Å². The molecule has 0 aliphatic heterocycles. The molecule has 2 amide bonds. The average molecular weight is 253 g/mol. The monoisotopic (exact) mass is 253 g/mol. The summed E-state index contributed by atoms with van der Waals surface area (Å²) in [5.41, 5.74) is 0. The van der Waals surface area contributed by atoms with Crippen LogP contribution in [0.4, 0.5) is 4.79 Å². The van der Waals surface area contributed by atoms with Crippen LogP contribution in [0.1, 0.15) is 32.6 Å². The van der Waals surface area contributed by atoms with Crippen LogP contribution >= 0.6 is 0 Å². The van der Waals surface area contributed by atoms with Crippen molar-refractivity contribution < 1.29 is 9.21 Å². The van der Waals surface area contributed by atoms with Gasteiger partial charge in [-0.25, -0.2) is 4.79 Å². The van der Waals surface area contributed by atoms with Crippen LogP contribution < -0.4 is 10.6 Å². The molecular formula is C13H23N3O2. The summed E-state index contributed by atoms with van der Waals surface area (Å²) in [4.78, 5) is 13.7. The zero-order chi connectivity index (χ0) is 13.4. The minimum atomic E-state index is -0.138. The Morgan fingerprint density at radius 1 is 1.33 bits per heavy atom. The quantitative estimate of drug-likeness (QED) is 0.781. The Hall–Kier alpha value is -1.49. The van der Waals surface area contributed by atoms with Crippen LogP contribution in [-0.2, 0) is 0 Å². The van der Waals surface area contributed by atoms with Gasteiger partial charge >= 0.3 is 6.03 Å². The number of amides is 2. The predicted molar refractivity (Wildman–Crippen MR) is 71.4 cm³/mol. The maximum atomic E-state index is 11.4. The van der Waals surface area contributed by atoms with E-state index < -0.39 is 0 Å². The number of hydrogen-bond donors (Lipinski definition) is 2. The number of rotatable bonds is 7. The molecule has 0 spiro atoms. The Morgan fingerprint density at radius 2 is 2.06 bits per heavy atom. The third-order valence-corrected chi connectivity index (χ3v) is 2.92. The van der Waals surface area contributed by atoms with Crippen molar-refractivity contribution in [2.75, 3.05) is 26.2 Å². The van der Waals surface area contributed by atoms with E-state index >= 15 is 0 Å². The summed E-state index contributed by atoms with van der Waals surface area (Å²) in [6.07, 6.45) is 1.66. The van der Waals surface area contributed by atoms with Gasteiger partial charge in [0.1, 0.15) is 5.76 Å². The van der Waals surface area contributed by atoms with Gasteiger partial charge in [0.2, 0.25) is 0 Å². The predicted octanol–water partition coefficient (Wildman–Crippen LogP) is 1.98. The van der Waals surface area contributed by atoms with Gasteiger partial charge in [-0.3, -0.25) is 4.90 Å². The Bertz CT molecular complexity index is 334. The second-order valence-corrected chi connectivity index (χ2v) is 3.99. The topological polar surface area (TPSA) is 57.5 Å². The lowest BCUT2D eigenvalue weighted by Crippen LogP contribution is -2.42. The molecule has 18 heavy (non-hydrogen) atoms. The molecule has 0 aliphatic rings. The van der Waals surface area contributed by atoms with Gasteiger partial charge in [0.15, 0.2) is 0 Å². The molecule has 0 aromatic carbocycles. The minimum Gasteiger partial charge on any atom is -0.468 e. The summed E-state index contributed by atoms with van der Waals surface area (Å²) in [5, 5.41) is 5.59. The van der Waals surface area contributed by atoms with E-state index in [1.165, 1.54) is 0 Å². The van der Waals surface area contributed by atoms with Crippen LogP contribution in [0.5, 0.6) is 0 Å². The number of carbonyl (C=O) groups excluding carboxylic acids is 1. The summed E-state index contributed by atoms with van der Waals surface area (Å²) >= 11 is 0. The molecule has 1 rings (SSSR count). The molecular weight excluding hydrogens is 230 g/mol. The first-order valence-corrected chi connectivity index (χ1v) is 6.52. The number of furan rings is 1. The van der Waals surface area contributed by atoms with E-state index in [4.69, 9.17) is 4.42 Å². The largest absolute Gasteiger partial charge is 0.468 e. The van der Waals surface area contributed by atoms with E-state index in [-0.39, 0.29) is 12.1 Å². The minimum absolute atomic E-state index is 0.0811. The maximum absolute atomic E-state index is 11.4. The van der Waals surface area contributed by atoms with E-state index in [1.54, 1.807) is 6.26 Å². The van der Waals surface area contributed by atoms with Crippen LogP contribution in [0.3, 0.4) is 0 Å². The highest BCUT2D eigenvalue weighted by Crippen LogP contribution is 2.19. The van der Waals surface area contributed by atoms with Crippen molar-refractivity contribution in [1.29, 1.82) is 0 Å². The summed E-state index contributed by atoms with van der Waals surface area (Å²) in [6.45, 7) is 9.10. The summed E-state index contributed by atoms with van der Waals surface area (Å²) in [5.74, 6) is 0.885. The number of likely N-dealkylation sites (N-methyl/N-ethyl adjacent to an activating group) is 1. The summed E-state index contributed by atoms with van der Waals surface area (Å²) in [6, 6.07) is 3.76. The fourth-order valence-electron chi connectivity index (χ4n) is 1.97. The molecule has 5 heteroatoms. The smallest absolute Gasteiger partial charge is 0.314 e. The van der Waals surface area contributed by atoms with Gasteiger partial charge in [-0.15, -0.1) is 0 Å². The molecule has 1 heterocycles. The van der Waals surface area contributed by atoms with Gasteiger partial charge in [-0.05, 0) is 32.1 Å². The molecule has 1 aromatic heterocycles. The lowest BCUT2D eigenvalue weighted by molar-refractivity contribution is 0.186. The maximum Gasteiger partial charge on any atom is 0.314 e. The summed E-state index contributed by atoms with van der Waals surface area (Å²) in [7, 11) is 0. The van der Waals surface area contributed by atoms with Crippen LogP contribution in [0.15, 0.2) is 22.8 Å². The highest BCUT2D eigenvalue weighted by Gasteiger charge is 2.20. The highest BCUT2D eigenvalue weighted by molar-refractivity contribution is 5.73. The first-order chi connectivity index (χ1) is 8.72. The standard InChI is InChI=1S/C13H23N3O2/c1-4-14-13(17)15-10-11(16(5-2)6-3)12-8-7-9-18-12/h7-9,11H,4-6,10H2,1-3H3,(H2,14,15,17). The van der Waals surface area contributed by atoms with Crippen LogP contribution in [0.2, 0.25) is 0 Å². The molecule has 102 valence electrons. The molecule has 0 fully saturated rings. The first kappa shape index (κ1) is 14.6. The number of nitrogens with one attached hydrogen (secondary N) is 2. The Morgan fingerprint density at radius 3 is 2.56 bits per heavy atom. The molecule has 2 N–H and O–H groups in total.